The second kappa shape index (κ2) is 8.13. The van der Waals surface area contributed by atoms with Gasteiger partial charge in [-0.2, -0.15) is 13.2 Å². The van der Waals surface area contributed by atoms with E-state index in [1.54, 1.807) is 0 Å². The fraction of sp³-hybridized carbons (Fsp3) is 0.200. The summed E-state index contributed by atoms with van der Waals surface area (Å²) in [5, 5.41) is 0. The maximum absolute atomic E-state index is 14.3. The van der Waals surface area contributed by atoms with Gasteiger partial charge in [0, 0.05) is 12.3 Å². The van der Waals surface area contributed by atoms with E-state index in [1.807, 2.05) is 0 Å². The van der Waals surface area contributed by atoms with Crippen LogP contribution in [0.15, 0.2) is 53.5 Å². The number of nitrogens with zero attached hydrogens (tertiary/aromatic N) is 2. The maximum Gasteiger partial charge on any atom is 0.416 e. The molecule has 0 saturated heterocycles. The van der Waals surface area contributed by atoms with Gasteiger partial charge in [-0.1, -0.05) is 12.1 Å². The molecule has 3 rings (SSSR count). The molecule has 0 radical (unpaired) electrons. The molecular weight excluding hydrogens is 411 g/mol. The standard InChI is InChI=1S/C20H15F5N2O3/c1-2-30-19(29)15-11-26(10-12-4-3-5-13(8-12)20(23,24)25)27(18(15)28)17-7-6-14(21)9-16(17)22/h3-9,11H,2,10H2,1H3. The van der Waals surface area contributed by atoms with Gasteiger partial charge in [-0.15, -0.1) is 0 Å². The van der Waals surface area contributed by atoms with Crippen molar-refractivity contribution in [2.75, 3.05) is 6.61 Å². The molecule has 5 nitrogen and oxygen atoms in total. The van der Waals surface area contributed by atoms with Crippen molar-refractivity contribution in [2.24, 2.45) is 0 Å². The number of esters is 1. The zero-order chi connectivity index (χ0) is 22.1. The van der Waals surface area contributed by atoms with E-state index in [0.717, 1.165) is 39.8 Å². The van der Waals surface area contributed by atoms with Crippen LogP contribution < -0.4 is 5.56 Å². The summed E-state index contributed by atoms with van der Waals surface area (Å²) in [6.45, 7) is 1.20. The van der Waals surface area contributed by atoms with Crippen LogP contribution in [0.2, 0.25) is 0 Å². The average Bonchev–Trinajstić information content (AvgIpc) is 2.98. The fourth-order valence-electron chi connectivity index (χ4n) is 2.89. The SMILES string of the molecule is CCOC(=O)c1cn(Cc2cccc(C(F)(F)F)c2)n(-c2ccc(F)cc2F)c1=O. The van der Waals surface area contributed by atoms with Gasteiger partial charge in [0.25, 0.3) is 5.56 Å². The van der Waals surface area contributed by atoms with Crippen molar-refractivity contribution in [3.8, 4) is 5.69 Å². The maximum atomic E-state index is 14.3. The van der Waals surface area contributed by atoms with Crippen molar-refractivity contribution >= 4 is 5.97 Å². The average molecular weight is 426 g/mol. The summed E-state index contributed by atoms with van der Waals surface area (Å²) in [6, 6.07) is 6.79. The van der Waals surface area contributed by atoms with Crippen LogP contribution in [-0.4, -0.2) is 21.9 Å². The lowest BCUT2D eigenvalue weighted by Crippen LogP contribution is -2.25. The highest BCUT2D eigenvalue weighted by molar-refractivity contribution is 5.88. The van der Waals surface area contributed by atoms with Crippen LogP contribution in [-0.2, 0) is 17.5 Å². The monoisotopic (exact) mass is 426 g/mol. The lowest BCUT2D eigenvalue weighted by atomic mass is 10.1. The minimum Gasteiger partial charge on any atom is -0.462 e. The van der Waals surface area contributed by atoms with Crippen molar-refractivity contribution < 1.29 is 31.5 Å². The van der Waals surface area contributed by atoms with Gasteiger partial charge in [-0.05, 0) is 36.8 Å². The van der Waals surface area contributed by atoms with E-state index in [2.05, 4.69) is 0 Å². The Hall–Kier alpha value is -3.43. The summed E-state index contributed by atoms with van der Waals surface area (Å²) in [7, 11) is 0. The Balaban J connectivity index is 2.15. The van der Waals surface area contributed by atoms with Gasteiger partial charge in [0.1, 0.15) is 17.1 Å². The van der Waals surface area contributed by atoms with E-state index in [-0.39, 0.29) is 24.4 Å². The number of hydrogen-bond donors (Lipinski definition) is 0. The number of aromatic nitrogens is 2. The summed E-state index contributed by atoms with van der Waals surface area (Å²) >= 11 is 0. The third kappa shape index (κ3) is 4.27. The second-order valence-corrected chi connectivity index (χ2v) is 6.27. The van der Waals surface area contributed by atoms with Crippen LogP contribution in [0, 0.1) is 11.6 Å². The van der Waals surface area contributed by atoms with Crippen LogP contribution in [0.3, 0.4) is 0 Å². The van der Waals surface area contributed by atoms with Crippen LogP contribution in [0.4, 0.5) is 22.0 Å². The summed E-state index contributed by atoms with van der Waals surface area (Å²) in [5.41, 5.74) is -2.52. The minimum atomic E-state index is -4.58. The highest BCUT2D eigenvalue weighted by atomic mass is 19.4. The molecular formula is C20H15F5N2O3. The third-order valence-electron chi connectivity index (χ3n) is 4.19. The van der Waals surface area contributed by atoms with Gasteiger partial charge in [-0.3, -0.25) is 9.48 Å². The molecule has 10 heteroatoms. The number of benzene rings is 2. The molecule has 1 aromatic heterocycles. The summed E-state index contributed by atoms with van der Waals surface area (Å²) < 4.78 is 73.2. The number of halogens is 5. The number of hydrogen-bond acceptors (Lipinski definition) is 3. The van der Waals surface area contributed by atoms with Crippen LogP contribution >= 0.6 is 0 Å². The predicted octanol–water partition coefficient (Wildman–Crippen LogP) is 4.16. The first-order valence-electron chi connectivity index (χ1n) is 8.73. The van der Waals surface area contributed by atoms with Crippen molar-refractivity contribution in [1.29, 1.82) is 0 Å². The van der Waals surface area contributed by atoms with E-state index in [1.165, 1.54) is 19.1 Å². The lowest BCUT2D eigenvalue weighted by Gasteiger charge is -2.14. The molecule has 0 spiro atoms. The smallest absolute Gasteiger partial charge is 0.416 e. The first-order valence-corrected chi connectivity index (χ1v) is 8.73. The van der Waals surface area contributed by atoms with Gasteiger partial charge in [0.05, 0.1) is 18.7 Å². The molecule has 3 aromatic rings. The molecule has 0 aliphatic carbocycles. The van der Waals surface area contributed by atoms with E-state index in [0.29, 0.717) is 6.07 Å². The van der Waals surface area contributed by atoms with E-state index < -0.39 is 40.5 Å². The molecule has 0 amide bonds. The predicted molar refractivity (Wildman–Crippen MR) is 96.4 cm³/mol. The van der Waals surface area contributed by atoms with Crippen molar-refractivity contribution in [3.05, 3.63) is 87.3 Å². The molecule has 0 aliphatic heterocycles. The Morgan fingerprint density at radius 2 is 1.83 bits per heavy atom. The Labute approximate surface area is 166 Å². The summed E-state index contributed by atoms with van der Waals surface area (Å²) in [6.07, 6.45) is -3.52. The van der Waals surface area contributed by atoms with Gasteiger partial charge in [0.15, 0.2) is 5.82 Å². The van der Waals surface area contributed by atoms with Crippen LogP contribution in [0.25, 0.3) is 5.69 Å². The molecule has 2 aromatic carbocycles. The highest BCUT2D eigenvalue weighted by Gasteiger charge is 2.30. The Bertz CT molecular complexity index is 1150. The van der Waals surface area contributed by atoms with Gasteiger partial charge < -0.3 is 4.74 Å². The zero-order valence-electron chi connectivity index (χ0n) is 15.5. The largest absolute Gasteiger partial charge is 0.462 e. The molecule has 0 atom stereocenters. The molecule has 0 N–H and O–H groups in total. The van der Waals surface area contributed by atoms with Crippen LogP contribution in [0.1, 0.15) is 28.4 Å². The molecule has 0 unspecified atom stereocenters. The fourth-order valence-corrected chi connectivity index (χ4v) is 2.89. The second-order valence-electron chi connectivity index (χ2n) is 6.27. The molecule has 0 bridgehead atoms. The van der Waals surface area contributed by atoms with E-state index in [9.17, 15) is 31.5 Å². The first kappa shape index (κ1) is 21.3. The Morgan fingerprint density at radius 1 is 1.10 bits per heavy atom. The Kier molecular flexibility index (Phi) is 5.77. The molecule has 0 fully saturated rings. The first-order chi connectivity index (χ1) is 14.1. The van der Waals surface area contributed by atoms with Crippen LogP contribution in [0.5, 0.6) is 0 Å². The van der Waals surface area contributed by atoms with E-state index >= 15 is 0 Å². The minimum absolute atomic E-state index is 0.0258. The van der Waals surface area contributed by atoms with Crippen molar-refractivity contribution in [2.45, 2.75) is 19.6 Å². The number of carbonyl (C=O) groups excluding carboxylic acids is 1. The molecule has 30 heavy (non-hydrogen) atoms. The van der Waals surface area contributed by atoms with Gasteiger partial charge in [0.2, 0.25) is 0 Å². The molecule has 0 saturated carbocycles. The summed E-state index contributed by atoms with van der Waals surface area (Å²) in [5.74, 6) is -2.94. The molecule has 158 valence electrons. The number of rotatable bonds is 5. The molecule has 1 heterocycles. The van der Waals surface area contributed by atoms with Crippen molar-refractivity contribution in [1.82, 2.24) is 9.36 Å². The number of alkyl halides is 3. The van der Waals surface area contributed by atoms with Gasteiger partial charge in [-0.25, -0.2) is 18.3 Å². The van der Waals surface area contributed by atoms with E-state index in [4.69, 9.17) is 4.74 Å². The quantitative estimate of drug-likeness (QED) is 0.455. The number of carbonyl (C=O) groups is 1. The topological polar surface area (TPSA) is 53.2 Å². The normalized spacial score (nSPS) is 11.5. The third-order valence-corrected chi connectivity index (χ3v) is 4.19. The Morgan fingerprint density at radius 3 is 2.47 bits per heavy atom. The van der Waals surface area contributed by atoms with Crippen molar-refractivity contribution in [3.63, 3.8) is 0 Å². The molecule has 0 aliphatic rings. The lowest BCUT2D eigenvalue weighted by molar-refractivity contribution is -0.137. The highest BCUT2D eigenvalue weighted by Crippen LogP contribution is 2.29. The number of ether oxygens (including phenoxy) is 1. The summed E-state index contributed by atoms with van der Waals surface area (Å²) in [4.78, 5) is 24.8. The van der Waals surface area contributed by atoms with Gasteiger partial charge >= 0.3 is 12.1 Å². The zero-order valence-corrected chi connectivity index (χ0v) is 15.5.